The Balaban J connectivity index is 2.77. The zero-order valence-corrected chi connectivity index (χ0v) is 11.0. The van der Waals surface area contributed by atoms with Crippen LogP contribution in [0.15, 0.2) is 24.3 Å². The number of carbonyl (C=O) groups is 1. The van der Waals surface area contributed by atoms with Crippen molar-refractivity contribution >= 4 is 17.5 Å². The fourth-order valence-corrected chi connectivity index (χ4v) is 1.48. The van der Waals surface area contributed by atoms with Crippen LogP contribution in [-0.4, -0.2) is 11.8 Å². The van der Waals surface area contributed by atoms with Gasteiger partial charge in [0.2, 0.25) is 5.91 Å². The summed E-state index contributed by atoms with van der Waals surface area (Å²) in [5, 5.41) is 2.76. The Morgan fingerprint density at radius 2 is 2.06 bits per heavy atom. The number of hydrogen-bond donors (Lipinski definition) is 1. The van der Waals surface area contributed by atoms with Crippen molar-refractivity contribution in [3.8, 4) is 0 Å². The van der Waals surface area contributed by atoms with Crippen LogP contribution in [0.5, 0.6) is 0 Å². The van der Waals surface area contributed by atoms with Crippen molar-refractivity contribution in [2.75, 3.05) is 5.88 Å². The summed E-state index contributed by atoms with van der Waals surface area (Å²) in [6.45, 7) is 5.26. The van der Waals surface area contributed by atoms with E-state index in [0.29, 0.717) is 5.56 Å². The third kappa shape index (κ3) is 3.43. The summed E-state index contributed by atoms with van der Waals surface area (Å²) in [7, 11) is 0. The molecule has 17 heavy (non-hydrogen) atoms. The SMILES string of the molecule is CC(NC(=O)C(C)(C)CCl)c1ccccc1F. The molecule has 0 aliphatic rings. The number of halogens is 2. The summed E-state index contributed by atoms with van der Waals surface area (Å²) in [5.41, 5.74) is -0.174. The van der Waals surface area contributed by atoms with Crippen molar-refractivity contribution in [2.24, 2.45) is 5.41 Å². The second-order valence-electron chi connectivity index (χ2n) is 4.73. The summed E-state index contributed by atoms with van der Waals surface area (Å²) < 4.78 is 13.5. The lowest BCUT2D eigenvalue weighted by Crippen LogP contribution is -2.39. The molecule has 2 nitrogen and oxygen atoms in total. The van der Waals surface area contributed by atoms with Gasteiger partial charge in [-0.25, -0.2) is 4.39 Å². The first-order chi connectivity index (χ1) is 7.88. The van der Waals surface area contributed by atoms with Gasteiger partial charge in [0.25, 0.3) is 0 Å². The molecular weight excluding hydrogens is 241 g/mol. The third-order valence-corrected chi connectivity index (χ3v) is 3.34. The first-order valence-corrected chi connectivity index (χ1v) is 6.03. The quantitative estimate of drug-likeness (QED) is 0.824. The first kappa shape index (κ1) is 14.0. The molecular formula is C13H17ClFNO. The predicted octanol–water partition coefficient (Wildman–Crippen LogP) is 3.27. The molecule has 0 bridgehead atoms. The minimum absolute atomic E-state index is 0.178. The Kier molecular flexibility index (Phi) is 4.52. The maximum absolute atomic E-state index is 13.5. The van der Waals surface area contributed by atoms with Crippen LogP contribution in [0.4, 0.5) is 4.39 Å². The van der Waals surface area contributed by atoms with Gasteiger partial charge in [-0.1, -0.05) is 18.2 Å². The topological polar surface area (TPSA) is 29.1 Å². The molecule has 1 N–H and O–H groups in total. The Morgan fingerprint density at radius 3 is 2.59 bits per heavy atom. The Bertz CT molecular complexity index is 406. The fourth-order valence-electron chi connectivity index (χ4n) is 1.36. The van der Waals surface area contributed by atoms with Gasteiger partial charge in [0, 0.05) is 11.4 Å². The molecule has 0 spiro atoms. The predicted molar refractivity (Wildman–Crippen MR) is 67.5 cm³/mol. The molecule has 0 radical (unpaired) electrons. The van der Waals surface area contributed by atoms with E-state index in [1.54, 1.807) is 39.0 Å². The van der Waals surface area contributed by atoms with Gasteiger partial charge in [-0.15, -0.1) is 11.6 Å². The lowest BCUT2D eigenvalue weighted by Gasteiger charge is -2.24. The second kappa shape index (κ2) is 5.50. The zero-order chi connectivity index (χ0) is 13.1. The number of alkyl halides is 1. The van der Waals surface area contributed by atoms with Gasteiger partial charge in [-0.05, 0) is 26.8 Å². The van der Waals surface area contributed by atoms with Gasteiger partial charge in [0.05, 0.1) is 11.5 Å². The molecule has 1 atom stereocenters. The van der Waals surface area contributed by atoms with E-state index in [9.17, 15) is 9.18 Å². The molecule has 1 amide bonds. The average Bonchev–Trinajstić information content (AvgIpc) is 2.29. The highest BCUT2D eigenvalue weighted by molar-refractivity contribution is 6.19. The minimum Gasteiger partial charge on any atom is -0.349 e. The van der Waals surface area contributed by atoms with Crippen LogP contribution in [0.3, 0.4) is 0 Å². The summed E-state index contributed by atoms with van der Waals surface area (Å²) in [6, 6.07) is 6.04. The molecule has 0 fully saturated rings. The molecule has 1 rings (SSSR count). The van der Waals surface area contributed by atoms with E-state index in [-0.39, 0.29) is 23.6 Å². The smallest absolute Gasteiger partial charge is 0.227 e. The van der Waals surface area contributed by atoms with Gasteiger partial charge in [0.1, 0.15) is 5.82 Å². The van der Waals surface area contributed by atoms with E-state index in [4.69, 9.17) is 11.6 Å². The van der Waals surface area contributed by atoms with Gasteiger partial charge < -0.3 is 5.32 Å². The van der Waals surface area contributed by atoms with Crippen LogP contribution in [0.2, 0.25) is 0 Å². The molecule has 1 aromatic carbocycles. The van der Waals surface area contributed by atoms with Crippen molar-refractivity contribution < 1.29 is 9.18 Å². The maximum atomic E-state index is 13.5. The maximum Gasteiger partial charge on any atom is 0.227 e. The standard InChI is InChI=1S/C13H17ClFNO/c1-9(10-6-4-5-7-11(10)15)16-12(17)13(2,3)8-14/h4-7,9H,8H2,1-3H3,(H,16,17). The molecule has 0 heterocycles. The first-order valence-electron chi connectivity index (χ1n) is 5.50. The number of carbonyl (C=O) groups excluding carboxylic acids is 1. The number of rotatable bonds is 4. The van der Waals surface area contributed by atoms with E-state index in [1.807, 2.05) is 0 Å². The van der Waals surface area contributed by atoms with Crippen LogP contribution in [0, 0.1) is 11.2 Å². The van der Waals surface area contributed by atoms with Crippen molar-refractivity contribution in [3.63, 3.8) is 0 Å². The number of benzene rings is 1. The normalized spacial score (nSPS) is 13.2. The number of amides is 1. The molecule has 0 aliphatic heterocycles. The third-order valence-electron chi connectivity index (χ3n) is 2.67. The monoisotopic (exact) mass is 257 g/mol. The Labute approximate surface area is 106 Å². The highest BCUT2D eigenvalue weighted by atomic mass is 35.5. The lowest BCUT2D eigenvalue weighted by molar-refractivity contribution is -0.129. The van der Waals surface area contributed by atoms with Crippen LogP contribution < -0.4 is 5.32 Å². The molecule has 94 valence electrons. The van der Waals surface area contributed by atoms with Crippen LogP contribution in [0.1, 0.15) is 32.4 Å². The lowest BCUT2D eigenvalue weighted by atomic mass is 9.94. The number of hydrogen-bond acceptors (Lipinski definition) is 1. The van der Waals surface area contributed by atoms with E-state index >= 15 is 0 Å². The molecule has 4 heteroatoms. The van der Waals surface area contributed by atoms with E-state index < -0.39 is 5.41 Å². The Morgan fingerprint density at radius 1 is 1.47 bits per heavy atom. The van der Waals surface area contributed by atoms with Crippen LogP contribution in [0.25, 0.3) is 0 Å². The molecule has 1 aromatic rings. The number of nitrogens with one attached hydrogen (secondary N) is 1. The van der Waals surface area contributed by atoms with Crippen LogP contribution in [-0.2, 0) is 4.79 Å². The van der Waals surface area contributed by atoms with Gasteiger partial charge in [-0.3, -0.25) is 4.79 Å². The summed E-state index contributed by atoms with van der Waals surface area (Å²) >= 11 is 5.71. The minimum atomic E-state index is -0.652. The van der Waals surface area contributed by atoms with E-state index in [2.05, 4.69) is 5.32 Å². The van der Waals surface area contributed by atoms with Crippen molar-refractivity contribution in [1.29, 1.82) is 0 Å². The van der Waals surface area contributed by atoms with E-state index in [0.717, 1.165) is 0 Å². The Hall–Kier alpha value is -1.09. The van der Waals surface area contributed by atoms with Gasteiger partial charge in [0.15, 0.2) is 0 Å². The average molecular weight is 258 g/mol. The molecule has 1 unspecified atom stereocenters. The molecule has 0 aromatic heterocycles. The van der Waals surface area contributed by atoms with Crippen molar-refractivity contribution in [2.45, 2.75) is 26.8 Å². The molecule has 0 aliphatic carbocycles. The molecule has 0 saturated heterocycles. The highest BCUT2D eigenvalue weighted by Gasteiger charge is 2.28. The van der Waals surface area contributed by atoms with Gasteiger partial charge in [-0.2, -0.15) is 0 Å². The fraction of sp³-hybridized carbons (Fsp3) is 0.462. The van der Waals surface area contributed by atoms with Crippen molar-refractivity contribution in [1.82, 2.24) is 5.32 Å². The van der Waals surface area contributed by atoms with Gasteiger partial charge >= 0.3 is 0 Å². The van der Waals surface area contributed by atoms with Crippen molar-refractivity contribution in [3.05, 3.63) is 35.6 Å². The zero-order valence-electron chi connectivity index (χ0n) is 10.3. The summed E-state index contributed by atoms with van der Waals surface area (Å²) in [4.78, 5) is 11.9. The summed E-state index contributed by atoms with van der Waals surface area (Å²) in [6.07, 6.45) is 0. The molecule has 0 saturated carbocycles. The summed E-state index contributed by atoms with van der Waals surface area (Å²) in [5.74, 6) is -0.268. The largest absolute Gasteiger partial charge is 0.349 e. The van der Waals surface area contributed by atoms with Crippen LogP contribution >= 0.6 is 11.6 Å². The van der Waals surface area contributed by atoms with E-state index in [1.165, 1.54) is 6.07 Å². The second-order valence-corrected chi connectivity index (χ2v) is 5.00. The highest BCUT2D eigenvalue weighted by Crippen LogP contribution is 2.21.